The van der Waals surface area contributed by atoms with Crippen LogP contribution in [0.5, 0.6) is 0 Å². The summed E-state index contributed by atoms with van der Waals surface area (Å²) in [5.74, 6) is -0.301. The number of aromatic amines is 1. The second kappa shape index (κ2) is 6.27. The number of rotatable bonds is 4. The molecule has 0 fully saturated rings. The van der Waals surface area contributed by atoms with Gasteiger partial charge in [0.05, 0.1) is 0 Å². The lowest BCUT2D eigenvalue weighted by Crippen LogP contribution is -2.46. The summed E-state index contributed by atoms with van der Waals surface area (Å²) in [7, 11) is 0. The SMILES string of the molecule is Cc1ccccc1CC(C)(C)NC(=O)c1cc2c([nH]c1=O)CCC2. The van der Waals surface area contributed by atoms with Crippen molar-refractivity contribution in [1.82, 2.24) is 10.3 Å². The van der Waals surface area contributed by atoms with Crippen LogP contribution in [0.2, 0.25) is 0 Å². The Labute approximate surface area is 142 Å². The Hall–Kier alpha value is -2.36. The highest BCUT2D eigenvalue weighted by molar-refractivity contribution is 5.94. The van der Waals surface area contributed by atoms with E-state index in [-0.39, 0.29) is 17.0 Å². The van der Waals surface area contributed by atoms with Crippen molar-refractivity contribution in [1.29, 1.82) is 0 Å². The summed E-state index contributed by atoms with van der Waals surface area (Å²) in [6.45, 7) is 6.04. The minimum atomic E-state index is -0.436. The van der Waals surface area contributed by atoms with Gasteiger partial charge in [-0.05, 0) is 69.2 Å². The molecule has 0 atom stereocenters. The van der Waals surface area contributed by atoms with Crippen LogP contribution in [0.4, 0.5) is 0 Å². The zero-order valence-corrected chi connectivity index (χ0v) is 14.5. The third-order valence-electron chi connectivity index (χ3n) is 4.68. The Kier molecular flexibility index (Phi) is 4.31. The number of carbonyl (C=O) groups excluding carboxylic acids is 1. The smallest absolute Gasteiger partial charge is 0.261 e. The van der Waals surface area contributed by atoms with Gasteiger partial charge in [0.15, 0.2) is 0 Å². The highest BCUT2D eigenvalue weighted by atomic mass is 16.2. The highest BCUT2D eigenvalue weighted by Gasteiger charge is 2.25. The van der Waals surface area contributed by atoms with Crippen LogP contribution < -0.4 is 10.9 Å². The second-order valence-corrected chi connectivity index (χ2v) is 7.31. The Morgan fingerprint density at radius 1 is 1.25 bits per heavy atom. The van der Waals surface area contributed by atoms with Crippen molar-refractivity contribution < 1.29 is 4.79 Å². The van der Waals surface area contributed by atoms with E-state index in [0.29, 0.717) is 6.42 Å². The van der Waals surface area contributed by atoms with Crippen molar-refractivity contribution in [3.63, 3.8) is 0 Å². The average molecular weight is 324 g/mol. The fraction of sp³-hybridized carbons (Fsp3) is 0.400. The van der Waals surface area contributed by atoms with Crippen molar-refractivity contribution in [2.24, 2.45) is 0 Å². The molecule has 126 valence electrons. The molecule has 1 heterocycles. The zero-order chi connectivity index (χ0) is 17.3. The first-order valence-corrected chi connectivity index (χ1v) is 8.48. The predicted molar refractivity (Wildman–Crippen MR) is 95.5 cm³/mol. The van der Waals surface area contributed by atoms with Crippen molar-refractivity contribution in [2.45, 2.75) is 52.0 Å². The van der Waals surface area contributed by atoms with E-state index in [9.17, 15) is 9.59 Å². The van der Waals surface area contributed by atoms with E-state index >= 15 is 0 Å². The number of H-pyrrole nitrogens is 1. The Morgan fingerprint density at radius 2 is 2.00 bits per heavy atom. The summed E-state index contributed by atoms with van der Waals surface area (Å²) in [5, 5.41) is 3.02. The van der Waals surface area contributed by atoms with Crippen LogP contribution in [0, 0.1) is 6.92 Å². The number of hydrogen-bond donors (Lipinski definition) is 2. The van der Waals surface area contributed by atoms with E-state index < -0.39 is 5.54 Å². The number of benzene rings is 1. The molecule has 24 heavy (non-hydrogen) atoms. The standard InChI is InChI=1S/C20H24N2O2/c1-13-7-4-5-8-15(13)12-20(2,3)22-19(24)16-11-14-9-6-10-17(14)21-18(16)23/h4-5,7-8,11H,6,9-10,12H2,1-3H3,(H,21,23)(H,22,24). The topological polar surface area (TPSA) is 62.0 Å². The minimum Gasteiger partial charge on any atom is -0.347 e. The predicted octanol–water partition coefficient (Wildman–Crippen LogP) is 2.92. The first-order valence-electron chi connectivity index (χ1n) is 8.48. The molecule has 0 radical (unpaired) electrons. The van der Waals surface area contributed by atoms with Crippen LogP contribution in [-0.2, 0) is 19.3 Å². The third-order valence-corrected chi connectivity index (χ3v) is 4.68. The van der Waals surface area contributed by atoms with Gasteiger partial charge >= 0.3 is 0 Å². The van der Waals surface area contributed by atoms with Crippen LogP contribution in [0.3, 0.4) is 0 Å². The van der Waals surface area contributed by atoms with Gasteiger partial charge in [-0.2, -0.15) is 0 Å². The van der Waals surface area contributed by atoms with Crippen LogP contribution in [0.25, 0.3) is 0 Å². The molecule has 0 bridgehead atoms. The molecular weight excluding hydrogens is 300 g/mol. The Bertz CT molecular complexity index is 834. The summed E-state index contributed by atoms with van der Waals surface area (Å²) < 4.78 is 0. The fourth-order valence-corrected chi connectivity index (χ4v) is 3.39. The number of pyridine rings is 1. The lowest BCUT2D eigenvalue weighted by Gasteiger charge is -2.27. The minimum absolute atomic E-state index is 0.216. The number of aryl methyl sites for hydroxylation is 3. The number of nitrogens with one attached hydrogen (secondary N) is 2. The summed E-state index contributed by atoms with van der Waals surface area (Å²) in [6, 6.07) is 9.92. The summed E-state index contributed by atoms with van der Waals surface area (Å²) in [6.07, 6.45) is 3.58. The van der Waals surface area contributed by atoms with Crippen LogP contribution in [-0.4, -0.2) is 16.4 Å². The fourth-order valence-electron chi connectivity index (χ4n) is 3.39. The van der Waals surface area contributed by atoms with Gasteiger partial charge in [-0.15, -0.1) is 0 Å². The molecule has 0 unspecified atom stereocenters. The quantitative estimate of drug-likeness (QED) is 0.908. The molecule has 1 aromatic heterocycles. The van der Waals surface area contributed by atoms with Gasteiger partial charge in [-0.1, -0.05) is 24.3 Å². The zero-order valence-electron chi connectivity index (χ0n) is 14.5. The molecule has 0 spiro atoms. The van der Waals surface area contributed by atoms with E-state index in [1.807, 2.05) is 26.0 Å². The maximum atomic E-state index is 12.6. The van der Waals surface area contributed by atoms with E-state index in [1.54, 1.807) is 6.07 Å². The first-order chi connectivity index (χ1) is 11.4. The molecule has 3 rings (SSSR count). The highest BCUT2D eigenvalue weighted by Crippen LogP contribution is 2.20. The molecule has 0 aliphatic heterocycles. The molecule has 4 nitrogen and oxygen atoms in total. The molecule has 0 saturated carbocycles. The van der Waals surface area contributed by atoms with Crippen molar-refractivity contribution in [3.05, 3.63) is 68.6 Å². The van der Waals surface area contributed by atoms with Gasteiger partial charge in [0, 0.05) is 11.2 Å². The second-order valence-electron chi connectivity index (χ2n) is 7.31. The molecule has 2 N–H and O–H groups in total. The van der Waals surface area contributed by atoms with Crippen molar-refractivity contribution in [2.75, 3.05) is 0 Å². The molecule has 1 aromatic carbocycles. The van der Waals surface area contributed by atoms with E-state index in [0.717, 1.165) is 30.5 Å². The lowest BCUT2D eigenvalue weighted by atomic mass is 9.92. The van der Waals surface area contributed by atoms with E-state index in [2.05, 4.69) is 29.4 Å². The van der Waals surface area contributed by atoms with Gasteiger partial charge < -0.3 is 10.3 Å². The third kappa shape index (κ3) is 3.42. The molecular formula is C20H24N2O2. The molecule has 1 aliphatic carbocycles. The van der Waals surface area contributed by atoms with Crippen molar-refractivity contribution >= 4 is 5.91 Å². The molecule has 1 amide bonds. The Balaban J connectivity index is 1.79. The molecule has 0 saturated heterocycles. The lowest BCUT2D eigenvalue weighted by molar-refractivity contribution is 0.0911. The van der Waals surface area contributed by atoms with E-state index in [1.165, 1.54) is 11.1 Å². The number of carbonyl (C=O) groups is 1. The number of amides is 1. The monoisotopic (exact) mass is 324 g/mol. The average Bonchev–Trinajstić information content (AvgIpc) is 2.95. The van der Waals surface area contributed by atoms with Crippen LogP contribution in [0.15, 0.2) is 35.1 Å². The molecule has 2 aromatic rings. The summed E-state index contributed by atoms with van der Waals surface area (Å²) in [5.41, 5.74) is 3.97. The van der Waals surface area contributed by atoms with Crippen LogP contribution >= 0.6 is 0 Å². The summed E-state index contributed by atoms with van der Waals surface area (Å²) in [4.78, 5) is 27.7. The Morgan fingerprint density at radius 3 is 2.75 bits per heavy atom. The number of aromatic nitrogens is 1. The van der Waals surface area contributed by atoms with Gasteiger partial charge in [0.1, 0.15) is 5.56 Å². The van der Waals surface area contributed by atoms with E-state index in [4.69, 9.17) is 0 Å². The molecule has 4 heteroatoms. The largest absolute Gasteiger partial charge is 0.347 e. The van der Waals surface area contributed by atoms with Gasteiger partial charge in [-0.3, -0.25) is 9.59 Å². The number of fused-ring (bicyclic) bond motifs is 1. The van der Waals surface area contributed by atoms with Gasteiger partial charge in [0.2, 0.25) is 0 Å². The maximum Gasteiger partial charge on any atom is 0.261 e. The summed E-state index contributed by atoms with van der Waals surface area (Å²) >= 11 is 0. The van der Waals surface area contributed by atoms with Crippen LogP contribution in [0.1, 0.15) is 53.0 Å². The molecule has 1 aliphatic rings. The maximum absolute atomic E-state index is 12.6. The first kappa shape index (κ1) is 16.5. The van der Waals surface area contributed by atoms with Gasteiger partial charge in [-0.25, -0.2) is 0 Å². The number of hydrogen-bond acceptors (Lipinski definition) is 2. The normalized spacial score (nSPS) is 13.6. The van der Waals surface area contributed by atoms with Gasteiger partial charge in [0.25, 0.3) is 11.5 Å². The van der Waals surface area contributed by atoms with Crippen molar-refractivity contribution in [3.8, 4) is 0 Å².